The van der Waals surface area contributed by atoms with Crippen LogP contribution >= 0.6 is 11.3 Å². The fourth-order valence-corrected chi connectivity index (χ4v) is 6.35. The lowest BCUT2D eigenvalue weighted by Crippen LogP contribution is -2.35. The normalized spacial score (nSPS) is 24.0. The predicted octanol–water partition coefficient (Wildman–Crippen LogP) is 4.02. The van der Waals surface area contributed by atoms with E-state index in [1.165, 1.54) is 0 Å². The zero-order valence-electron chi connectivity index (χ0n) is 21.4. The lowest BCUT2D eigenvalue weighted by molar-refractivity contribution is 0.00446. The van der Waals surface area contributed by atoms with Gasteiger partial charge in [0.1, 0.15) is 22.4 Å². The third kappa shape index (κ3) is 4.73. The van der Waals surface area contributed by atoms with Crippen molar-refractivity contribution in [2.45, 2.75) is 63.3 Å². The Morgan fingerprint density at radius 1 is 1.05 bits per heavy atom. The number of thiazole rings is 1. The van der Waals surface area contributed by atoms with E-state index in [0.29, 0.717) is 24.1 Å². The number of aryl methyl sites for hydroxylation is 1. The van der Waals surface area contributed by atoms with Crippen LogP contribution < -0.4 is 10.6 Å². The van der Waals surface area contributed by atoms with E-state index in [4.69, 9.17) is 15.0 Å². The molecular formula is C28H32N6O3S. The van der Waals surface area contributed by atoms with E-state index in [2.05, 4.69) is 34.7 Å². The SMILES string of the molecule is Cc1nc(NC(C)c2ccccc2)nc(NC2CC(CO)C(O)C2O)c1-c1nc2c(C3CC3)nccc2s1. The highest BCUT2D eigenvalue weighted by molar-refractivity contribution is 7.21. The Hall–Kier alpha value is -3.18. The van der Waals surface area contributed by atoms with Crippen LogP contribution in [0.1, 0.15) is 55.1 Å². The molecule has 4 aromatic rings. The first-order chi connectivity index (χ1) is 18.4. The number of benzene rings is 1. The minimum absolute atomic E-state index is 0.0263. The first-order valence-electron chi connectivity index (χ1n) is 13.1. The number of nitrogens with one attached hydrogen (secondary N) is 2. The first-order valence-corrected chi connectivity index (χ1v) is 13.9. The van der Waals surface area contributed by atoms with Crippen molar-refractivity contribution in [1.29, 1.82) is 0 Å². The van der Waals surface area contributed by atoms with E-state index in [0.717, 1.165) is 50.6 Å². The number of fused-ring (bicyclic) bond motifs is 1. The molecule has 0 saturated heterocycles. The van der Waals surface area contributed by atoms with Gasteiger partial charge in [-0.15, -0.1) is 11.3 Å². The zero-order chi connectivity index (χ0) is 26.4. The van der Waals surface area contributed by atoms with E-state index >= 15 is 0 Å². The Morgan fingerprint density at radius 3 is 2.55 bits per heavy atom. The molecule has 2 aliphatic carbocycles. The first kappa shape index (κ1) is 25.1. The Labute approximate surface area is 225 Å². The van der Waals surface area contributed by atoms with Gasteiger partial charge in [0.25, 0.3) is 0 Å². The molecule has 0 bridgehead atoms. The number of nitrogens with zero attached hydrogens (tertiary/aromatic N) is 4. The van der Waals surface area contributed by atoms with Crippen LogP contribution in [0.15, 0.2) is 42.6 Å². The van der Waals surface area contributed by atoms with Gasteiger partial charge >= 0.3 is 0 Å². The molecule has 9 nitrogen and oxygen atoms in total. The second-order valence-electron chi connectivity index (χ2n) is 10.4. The van der Waals surface area contributed by atoms with Gasteiger partial charge in [0.05, 0.1) is 39.8 Å². The van der Waals surface area contributed by atoms with Crippen molar-refractivity contribution >= 4 is 33.3 Å². The summed E-state index contributed by atoms with van der Waals surface area (Å²) in [4.78, 5) is 19.3. The Kier molecular flexibility index (Phi) is 6.73. The monoisotopic (exact) mass is 532 g/mol. The van der Waals surface area contributed by atoms with Crippen LogP contribution in [0, 0.1) is 12.8 Å². The molecule has 3 heterocycles. The van der Waals surface area contributed by atoms with Crippen LogP contribution in [0.5, 0.6) is 0 Å². The topological polar surface area (TPSA) is 136 Å². The van der Waals surface area contributed by atoms with Gasteiger partial charge in [0.15, 0.2) is 0 Å². The maximum atomic E-state index is 10.7. The van der Waals surface area contributed by atoms with E-state index < -0.39 is 24.2 Å². The number of pyridine rings is 1. The van der Waals surface area contributed by atoms with Crippen molar-refractivity contribution in [1.82, 2.24) is 19.9 Å². The summed E-state index contributed by atoms with van der Waals surface area (Å²) >= 11 is 1.58. The van der Waals surface area contributed by atoms with Crippen LogP contribution in [-0.4, -0.2) is 60.1 Å². The number of rotatable bonds is 8. The average Bonchev–Trinajstić information content (AvgIpc) is 3.62. The molecule has 5 atom stereocenters. The third-order valence-corrected chi connectivity index (χ3v) is 8.65. The molecule has 2 fully saturated rings. The zero-order valence-corrected chi connectivity index (χ0v) is 22.2. The Balaban J connectivity index is 1.40. The molecule has 5 N–H and O–H groups in total. The Bertz CT molecular complexity index is 1440. The fourth-order valence-electron chi connectivity index (χ4n) is 5.28. The highest BCUT2D eigenvalue weighted by atomic mass is 32.1. The second kappa shape index (κ2) is 10.2. The molecule has 5 unspecified atom stereocenters. The van der Waals surface area contributed by atoms with Gasteiger partial charge < -0.3 is 26.0 Å². The van der Waals surface area contributed by atoms with E-state index in [1.807, 2.05) is 37.4 Å². The van der Waals surface area contributed by atoms with Gasteiger partial charge in [-0.1, -0.05) is 30.3 Å². The van der Waals surface area contributed by atoms with Gasteiger partial charge in [-0.2, -0.15) is 4.98 Å². The van der Waals surface area contributed by atoms with Crippen molar-refractivity contribution in [3.05, 3.63) is 59.5 Å². The van der Waals surface area contributed by atoms with Crippen LogP contribution in [0.2, 0.25) is 0 Å². The molecule has 0 radical (unpaired) electrons. The van der Waals surface area contributed by atoms with Gasteiger partial charge in [0.2, 0.25) is 5.95 Å². The summed E-state index contributed by atoms with van der Waals surface area (Å²) < 4.78 is 1.07. The van der Waals surface area contributed by atoms with E-state index in [-0.39, 0.29) is 12.6 Å². The molecule has 10 heteroatoms. The number of aliphatic hydroxyl groups excluding tert-OH is 3. The van der Waals surface area contributed by atoms with Crippen LogP contribution in [0.4, 0.5) is 11.8 Å². The number of anilines is 2. The highest BCUT2D eigenvalue weighted by Crippen LogP contribution is 2.44. The summed E-state index contributed by atoms with van der Waals surface area (Å²) in [6.07, 6.45) is 2.51. The van der Waals surface area contributed by atoms with Gasteiger partial charge in [-0.3, -0.25) is 4.98 Å². The molecular weight excluding hydrogens is 500 g/mol. The fraction of sp³-hybridized carbons (Fsp3) is 0.429. The van der Waals surface area contributed by atoms with Crippen LogP contribution in [-0.2, 0) is 0 Å². The van der Waals surface area contributed by atoms with E-state index in [9.17, 15) is 15.3 Å². The second-order valence-corrected chi connectivity index (χ2v) is 11.4. The van der Waals surface area contributed by atoms with Crippen molar-refractivity contribution in [2.75, 3.05) is 17.2 Å². The smallest absolute Gasteiger partial charge is 0.225 e. The summed E-state index contributed by atoms with van der Waals surface area (Å²) in [6, 6.07) is 11.6. The minimum atomic E-state index is -1.03. The van der Waals surface area contributed by atoms with Gasteiger partial charge in [0, 0.05) is 24.6 Å². The summed E-state index contributed by atoms with van der Waals surface area (Å²) in [5.74, 6) is 1.06. The van der Waals surface area contributed by atoms with Crippen molar-refractivity contribution < 1.29 is 15.3 Å². The summed E-state index contributed by atoms with van der Waals surface area (Å²) in [5, 5.41) is 38.4. The van der Waals surface area contributed by atoms with E-state index in [1.54, 1.807) is 11.3 Å². The van der Waals surface area contributed by atoms with Crippen molar-refractivity contribution in [3.63, 3.8) is 0 Å². The molecule has 0 aliphatic heterocycles. The van der Waals surface area contributed by atoms with Crippen LogP contribution in [0.25, 0.3) is 20.8 Å². The quantitative estimate of drug-likeness (QED) is 0.228. The standard InChI is InChI=1S/C28H32N6O3S/c1-14(16-6-4-3-5-7-16)30-28-31-15(2)21(26(34-28)32-19-12-18(13-35)24(36)25(19)37)27-33-23-20(38-27)10-11-29-22(23)17-8-9-17/h3-7,10-11,14,17-19,24-25,35-37H,8-9,12-13H2,1-2H3,(H2,30,31,32,34). The molecule has 38 heavy (non-hydrogen) atoms. The third-order valence-electron chi connectivity index (χ3n) is 7.61. The summed E-state index contributed by atoms with van der Waals surface area (Å²) in [7, 11) is 0. The lowest BCUT2D eigenvalue weighted by atomic mass is 10.1. The summed E-state index contributed by atoms with van der Waals surface area (Å²) in [6.45, 7) is 3.79. The van der Waals surface area contributed by atoms with Crippen LogP contribution in [0.3, 0.4) is 0 Å². The molecule has 2 aliphatic rings. The van der Waals surface area contributed by atoms with Gasteiger partial charge in [-0.05, 0) is 44.7 Å². The minimum Gasteiger partial charge on any atom is -0.396 e. The largest absolute Gasteiger partial charge is 0.396 e. The molecule has 0 spiro atoms. The number of hydrogen-bond acceptors (Lipinski definition) is 10. The predicted molar refractivity (Wildman–Crippen MR) is 148 cm³/mol. The number of aliphatic hydroxyl groups is 3. The maximum Gasteiger partial charge on any atom is 0.225 e. The number of aromatic nitrogens is 4. The Morgan fingerprint density at radius 2 is 1.84 bits per heavy atom. The highest BCUT2D eigenvalue weighted by Gasteiger charge is 2.41. The molecule has 0 amide bonds. The van der Waals surface area contributed by atoms with Crippen molar-refractivity contribution in [3.8, 4) is 10.6 Å². The summed E-state index contributed by atoms with van der Waals surface area (Å²) in [5.41, 5.74) is 4.60. The molecule has 3 aromatic heterocycles. The van der Waals surface area contributed by atoms with Gasteiger partial charge in [-0.25, -0.2) is 9.97 Å². The lowest BCUT2D eigenvalue weighted by Gasteiger charge is -2.22. The van der Waals surface area contributed by atoms with Crippen molar-refractivity contribution in [2.24, 2.45) is 5.92 Å². The molecule has 2 saturated carbocycles. The molecule has 198 valence electrons. The molecule has 6 rings (SSSR count). The molecule has 1 aromatic carbocycles. The average molecular weight is 533 g/mol. The maximum absolute atomic E-state index is 10.7. The number of hydrogen-bond donors (Lipinski definition) is 5.